The maximum Gasteiger partial charge on any atom is 0.490 e. The van der Waals surface area contributed by atoms with Gasteiger partial charge < -0.3 is 20.8 Å². The number of fused-ring (bicyclic) bond motifs is 1. The first kappa shape index (κ1) is 24.6. The van der Waals surface area contributed by atoms with Crippen LogP contribution in [0.15, 0.2) is 48.7 Å². The number of carboxylic acid groups (broad SMARTS) is 1. The van der Waals surface area contributed by atoms with Crippen LogP contribution in [0.2, 0.25) is 0 Å². The number of aromatic hydroxyl groups is 1. The van der Waals surface area contributed by atoms with E-state index in [-0.39, 0.29) is 11.4 Å². The minimum absolute atomic E-state index is 0.00610. The molecule has 11 heteroatoms. The number of carbonyl (C=O) groups excluding carboxylic acids is 1. The lowest BCUT2D eigenvalue weighted by Gasteiger charge is -2.18. The Bertz CT molecular complexity index is 1190. The van der Waals surface area contributed by atoms with Crippen molar-refractivity contribution in [3.05, 3.63) is 65.5 Å². The molecule has 180 valence electrons. The van der Waals surface area contributed by atoms with Gasteiger partial charge in [-0.3, -0.25) is 4.79 Å². The van der Waals surface area contributed by atoms with Gasteiger partial charge in [0.2, 0.25) is 0 Å². The van der Waals surface area contributed by atoms with E-state index < -0.39 is 18.1 Å². The molecule has 4 N–H and O–H groups in total. The number of nitrogens with zero attached hydrogens (tertiary/aromatic N) is 2. The highest BCUT2D eigenvalue weighted by atomic mass is 19.4. The van der Waals surface area contributed by atoms with E-state index >= 15 is 0 Å². The van der Waals surface area contributed by atoms with Crippen molar-refractivity contribution in [2.75, 3.05) is 17.2 Å². The molecule has 0 fully saturated rings. The maximum absolute atomic E-state index is 12.6. The van der Waals surface area contributed by atoms with Crippen LogP contribution in [0.1, 0.15) is 35.0 Å². The van der Waals surface area contributed by atoms with Gasteiger partial charge in [-0.05, 0) is 48.6 Å². The predicted molar refractivity (Wildman–Crippen MR) is 120 cm³/mol. The van der Waals surface area contributed by atoms with Crippen LogP contribution in [0, 0.1) is 0 Å². The number of halogens is 3. The molecule has 0 bridgehead atoms. The van der Waals surface area contributed by atoms with Crippen LogP contribution in [-0.2, 0) is 17.6 Å². The Morgan fingerprint density at radius 3 is 2.59 bits per heavy atom. The number of hydrogen-bond donors (Lipinski definition) is 4. The summed E-state index contributed by atoms with van der Waals surface area (Å²) in [7, 11) is 0. The molecule has 2 aromatic carbocycles. The standard InChI is InChI=1S/C21H22N4O2.C2HF3O2/c1-2-14-6-3-4-8-18(14)25-13-19(26)20(24-25)21(27)23-16-10-9-15-7-5-11-22-17(15)12-16;3-2(4,5)1(6)7/h3-4,6,8-10,12-13,22,26H,2,5,7,11H2,1H3,(H,23,27);(H,6,7). The Morgan fingerprint density at radius 1 is 1.21 bits per heavy atom. The summed E-state index contributed by atoms with van der Waals surface area (Å²) in [5, 5.41) is 27.8. The van der Waals surface area contributed by atoms with E-state index in [4.69, 9.17) is 9.90 Å². The fourth-order valence-corrected chi connectivity index (χ4v) is 3.41. The number of benzene rings is 2. The van der Waals surface area contributed by atoms with Crippen molar-refractivity contribution in [2.24, 2.45) is 0 Å². The second-order valence-electron chi connectivity index (χ2n) is 7.45. The van der Waals surface area contributed by atoms with Crippen LogP contribution in [0.5, 0.6) is 5.75 Å². The molecule has 1 aliphatic rings. The summed E-state index contributed by atoms with van der Waals surface area (Å²) in [4.78, 5) is 21.5. The summed E-state index contributed by atoms with van der Waals surface area (Å²) in [5.74, 6) is -3.34. The molecule has 0 aliphatic carbocycles. The van der Waals surface area contributed by atoms with Gasteiger partial charge in [0.25, 0.3) is 5.91 Å². The van der Waals surface area contributed by atoms with Crippen molar-refractivity contribution >= 4 is 23.3 Å². The fraction of sp³-hybridized carbons (Fsp3) is 0.261. The largest absolute Gasteiger partial charge is 0.504 e. The van der Waals surface area contributed by atoms with Crippen molar-refractivity contribution in [3.63, 3.8) is 0 Å². The van der Waals surface area contributed by atoms with Crippen molar-refractivity contribution in [2.45, 2.75) is 32.4 Å². The zero-order valence-corrected chi connectivity index (χ0v) is 18.2. The predicted octanol–water partition coefficient (Wildman–Crippen LogP) is 4.38. The van der Waals surface area contributed by atoms with Gasteiger partial charge in [-0.2, -0.15) is 18.3 Å². The first-order valence-corrected chi connectivity index (χ1v) is 10.4. The van der Waals surface area contributed by atoms with E-state index in [1.807, 2.05) is 42.5 Å². The van der Waals surface area contributed by atoms with Gasteiger partial charge >= 0.3 is 12.1 Å². The SMILES string of the molecule is CCc1ccccc1-n1cc(O)c(C(=O)Nc2ccc3c(c2)NCCC3)n1.O=C(O)C(F)(F)F. The lowest BCUT2D eigenvalue weighted by molar-refractivity contribution is -0.192. The number of carbonyl (C=O) groups is 2. The molecule has 34 heavy (non-hydrogen) atoms. The third kappa shape index (κ3) is 5.85. The summed E-state index contributed by atoms with van der Waals surface area (Å²) in [6, 6.07) is 13.6. The fourth-order valence-electron chi connectivity index (χ4n) is 3.41. The molecule has 0 saturated carbocycles. The van der Waals surface area contributed by atoms with Crippen LogP contribution in [0.25, 0.3) is 5.69 Å². The van der Waals surface area contributed by atoms with Gasteiger partial charge in [-0.1, -0.05) is 31.2 Å². The number of aromatic nitrogens is 2. The molecule has 1 amide bonds. The van der Waals surface area contributed by atoms with Crippen LogP contribution in [0.4, 0.5) is 24.5 Å². The maximum atomic E-state index is 12.6. The van der Waals surface area contributed by atoms with Crippen LogP contribution in [-0.4, -0.2) is 44.6 Å². The van der Waals surface area contributed by atoms with E-state index in [9.17, 15) is 23.1 Å². The Morgan fingerprint density at radius 2 is 1.91 bits per heavy atom. The molecule has 0 atom stereocenters. The molecular formula is C23H23F3N4O4. The minimum Gasteiger partial charge on any atom is -0.504 e. The smallest absolute Gasteiger partial charge is 0.490 e. The average Bonchev–Trinajstić information content (AvgIpc) is 3.20. The Balaban J connectivity index is 0.000000406. The third-order valence-corrected chi connectivity index (χ3v) is 5.08. The molecule has 3 aromatic rings. The second kappa shape index (κ2) is 10.3. The highest BCUT2D eigenvalue weighted by molar-refractivity contribution is 6.04. The molecule has 1 aliphatic heterocycles. The van der Waals surface area contributed by atoms with Gasteiger partial charge in [0, 0.05) is 17.9 Å². The van der Waals surface area contributed by atoms with E-state index in [1.165, 1.54) is 11.8 Å². The monoisotopic (exact) mass is 476 g/mol. The van der Waals surface area contributed by atoms with E-state index in [0.717, 1.165) is 42.7 Å². The molecule has 0 saturated heterocycles. The molecule has 4 rings (SSSR count). The Kier molecular flexibility index (Phi) is 7.44. The van der Waals surface area contributed by atoms with Crippen LogP contribution in [0.3, 0.4) is 0 Å². The van der Waals surface area contributed by atoms with E-state index in [2.05, 4.69) is 22.7 Å². The number of anilines is 2. The lowest BCUT2D eigenvalue weighted by atomic mass is 10.0. The lowest BCUT2D eigenvalue weighted by Crippen LogP contribution is -2.21. The third-order valence-electron chi connectivity index (χ3n) is 5.08. The molecular weight excluding hydrogens is 453 g/mol. The number of hydrogen-bond acceptors (Lipinski definition) is 5. The topological polar surface area (TPSA) is 116 Å². The normalized spacial score (nSPS) is 12.6. The highest BCUT2D eigenvalue weighted by Crippen LogP contribution is 2.27. The van der Waals surface area contributed by atoms with Gasteiger partial charge in [0.05, 0.1) is 11.9 Å². The van der Waals surface area contributed by atoms with Crippen molar-refractivity contribution in [3.8, 4) is 11.4 Å². The number of alkyl halides is 3. The molecule has 8 nitrogen and oxygen atoms in total. The molecule has 0 radical (unpaired) electrons. The molecule has 0 spiro atoms. The highest BCUT2D eigenvalue weighted by Gasteiger charge is 2.38. The zero-order valence-electron chi connectivity index (χ0n) is 18.2. The summed E-state index contributed by atoms with van der Waals surface area (Å²) in [6.07, 6.45) is -0.625. The van der Waals surface area contributed by atoms with Gasteiger partial charge in [-0.15, -0.1) is 0 Å². The number of para-hydroxylation sites is 1. The van der Waals surface area contributed by atoms with Gasteiger partial charge in [0.1, 0.15) is 0 Å². The van der Waals surface area contributed by atoms with Gasteiger partial charge in [-0.25, -0.2) is 9.48 Å². The van der Waals surface area contributed by atoms with Crippen LogP contribution < -0.4 is 10.6 Å². The number of nitrogens with one attached hydrogen (secondary N) is 2. The van der Waals surface area contributed by atoms with Crippen LogP contribution >= 0.6 is 0 Å². The number of rotatable bonds is 4. The number of carboxylic acids is 1. The zero-order chi connectivity index (χ0) is 24.9. The van der Waals surface area contributed by atoms with Crippen molar-refractivity contribution in [1.82, 2.24) is 9.78 Å². The summed E-state index contributed by atoms with van der Waals surface area (Å²) in [6.45, 7) is 2.99. The number of aliphatic carboxylic acids is 1. The molecule has 2 heterocycles. The first-order valence-electron chi connectivity index (χ1n) is 10.4. The Labute approximate surface area is 193 Å². The van der Waals surface area contributed by atoms with Crippen molar-refractivity contribution < 1.29 is 33.0 Å². The number of amides is 1. The quantitative estimate of drug-likeness (QED) is 0.444. The first-order chi connectivity index (χ1) is 16.1. The Hall–Kier alpha value is -4.02. The second-order valence-corrected chi connectivity index (χ2v) is 7.45. The summed E-state index contributed by atoms with van der Waals surface area (Å²) in [5.41, 5.74) is 4.93. The minimum atomic E-state index is -5.08. The van der Waals surface area contributed by atoms with E-state index in [0.29, 0.717) is 5.69 Å². The van der Waals surface area contributed by atoms with Crippen molar-refractivity contribution in [1.29, 1.82) is 0 Å². The molecule has 1 aromatic heterocycles. The van der Waals surface area contributed by atoms with Gasteiger partial charge in [0.15, 0.2) is 11.4 Å². The summed E-state index contributed by atoms with van der Waals surface area (Å²) >= 11 is 0. The van der Waals surface area contributed by atoms with E-state index in [1.54, 1.807) is 4.68 Å². The molecule has 0 unspecified atom stereocenters. The summed E-state index contributed by atoms with van der Waals surface area (Å²) < 4.78 is 33.3. The number of aryl methyl sites for hydroxylation is 2. The average molecular weight is 476 g/mol.